The first kappa shape index (κ1) is 23.2. The summed E-state index contributed by atoms with van der Waals surface area (Å²) in [7, 11) is 0. The Bertz CT molecular complexity index is 2320. The molecule has 9 rings (SSSR count). The first-order chi connectivity index (χ1) is 20.9. The molecule has 1 nitrogen and oxygen atoms in total. The van der Waals surface area contributed by atoms with Crippen molar-refractivity contribution in [2.75, 3.05) is 0 Å². The second-order valence-corrected chi connectivity index (χ2v) is 11.1. The van der Waals surface area contributed by atoms with E-state index in [4.69, 9.17) is 0 Å². The van der Waals surface area contributed by atoms with Gasteiger partial charge in [-0.25, -0.2) is 0 Å². The Kier molecular flexibility index (Phi) is 4.97. The minimum absolute atomic E-state index is 1.19. The summed E-state index contributed by atoms with van der Waals surface area (Å²) in [6.45, 7) is 0. The van der Waals surface area contributed by atoms with Crippen molar-refractivity contribution < 1.29 is 0 Å². The molecule has 0 bridgehead atoms. The summed E-state index contributed by atoms with van der Waals surface area (Å²) in [5.74, 6) is 0. The van der Waals surface area contributed by atoms with Crippen LogP contribution in [0.15, 0.2) is 152 Å². The molecule has 0 saturated heterocycles. The topological polar surface area (TPSA) is 12.9 Å². The molecule has 0 unspecified atom stereocenters. The summed E-state index contributed by atoms with van der Waals surface area (Å²) in [5, 5.41) is 7.46. The van der Waals surface area contributed by atoms with Gasteiger partial charge < -0.3 is 0 Å². The van der Waals surface area contributed by atoms with E-state index in [-0.39, 0.29) is 0 Å². The maximum Gasteiger partial charge on any atom is 0.0352 e. The molecule has 1 aliphatic carbocycles. The Morgan fingerprint density at radius 2 is 0.786 bits per heavy atom. The van der Waals surface area contributed by atoms with Crippen molar-refractivity contribution in [2.24, 2.45) is 0 Å². The molecule has 8 aromatic rings. The number of rotatable bonds is 1. The highest BCUT2D eigenvalue weighted by atomic mass is 14.6. The Morgan fingerprint density at radius 1 is 0.310 bits per heavy atom. The molecule has 42 heavy (non-hydrogen) atoms. The van der Waals surface area contributed by atoms with E-state index in [1.165, 1.54) is 88.0 Å². The lowest BCUT2D eigenvalue weighted by molar-refractivity contribution is 1.37. The summed E-state index contributed by atoms with van der Waals surface area (Å²) >= 11 is 0. The van der Waals surface area contributed by atoms with Gasteiger partial charge in [-0.3, -0.25) is 4.98 Å². The normalized spacial score (nSPS) is 11.8. The molecule has 0 spiro atoms. The number of pyridine rings is 1. The number of benzene rings is 7. The summed E-state index contributed by atoms with van der Waals surface area (Å²) < 4.78 is 0. The number of hydrogen-bond donors (Lipinski definition) is 0. The highest BCUT2D eigenvalue weighted by Gasteiger charge is 2.24. The van der Waals surface area contributed by atoms with Gasteiger partial charge in [-0.15, -0.1) is 0 Å². The van der Waals surface area contributed by atoms with Crippen molar-refractivity contribution in [3.63, 3.8) is 0 Å². The summed E-state index contributed by atoms with van der Waals surface area (Å²) in [6, 6.07) is 51.2. The van der Waals surface area contributed by atoms with E-state index in [1.807, 2.05) is 12.4 Å². The fourth-order valence-corrected chi connectivity index (χ4v) is 7.12. The summed E-state index contributed by atoms with van der Waals surface area (Å²) in [6.07, 6.45) is 3.92. The van der Waals surface area contributed by atoms with E-state index >= 15 is 0 Å². The highest BCUT2D eigenvalue weighted by Crippen LogP contribution is 2.50. The fourth-order valence-electron chi connectivity index (χ4n) is 7.12. The van der Waals surface area contributed by atoms with Crippen LogP contribution in [0, 0.1) is 0 Å². The minimum atomic E-state index is 1.19. The van der Waals surface area contributed by atoms with E-state index in [2.05, 4.69) is 145 Å². The van der Waals surface area contributed by atoms with Crippen LogP contribution in [0.4, 0.5) is 0 Å². The van der Waals surface area contributed by atoms with E-state index in [1.54, 1.807) is 0 Å². The molecular formula is C41H25N. The van der Waals surface area contributed by atoms with Crippen LogP contribution in [-0.2, 0) is 0 Å². The van der Waals surface area contributed by atoms with Crippen LogP contribution < -0.4 is 0 Å². The smallest absolute Gasteiger partial charge is 0.0352 e. The number of aromatic nitrogens is 1. The second-order valence-electron chi connectivity index (χ2n) is 11.1. The van der Waals surface area contributed by atoms with Gasteiger partial charge in [0.05, 0.1) is 0 Å². The molecule has 1 aliphatic rings. The van der Waals surface area contributed by atoms with Gasteiger partial charge in [-0.2, -0.15) is 0 Å². The van der Waals surface area contributed by atoms with E-state index in [0.29, 0.717) is 0 Å². The van der Waals surface area contributed by atoms with Gasteiger partial charge in [-0.1, -0.05) is 127 Å². The molecular weight excluding hydrogens is 506 g/mol. The lowest BCUT2D eigenvalue weighted by Crippen LogP contribution is -1.98. The molecule has 0 fully saturated rings. The van der Waals surface area contributed by atoms with Crippen molar-refractivity contribution in [3.8, 4) is 55.6 Å². The zero-order valence-electron chi connectivity index (χ0n) is 22.9. The predicted octanol–water partition coefficient (Wildman–Crippen LogP) is 11.2. The van der Waals surface area contributed by atoms with Crippen LogP contribution in [0.2, 0.25) is 0 Å². The third-order valence-electron chi connectivity index (χ3n) is 8.93. The first-order valence-corrected chi connectivity index (χ1v) is 14.5. The van der Waals surface area contributed by atoms with Crippen molar-refractivity contribution in [1.29, 1.82) is 0 Å². The van der Waals surface area contributed by atoms with Crippen LogP contribution in [0.5, 0.6) is 0 Å². The molecule has 0 atom stereocenters. The standard InChI is InChI=1S/C41H25N/c1-2-11-29-28(10-1)30-12-5-6-15-34(30)38-19-9-18-27(41(38)37-17-8-7-16-33(29)37)26-20-21-35-31-13-3-4-14-32(31)36-22-23-42-25-40(36)39(35)24-26/h1-25H. The average molecular weight is 532 g/mol. The molecule has 0 N–H and O–H groups in total. The van der Waals surface area contributed by atoms with Gasteiger partial charge >= 0.3 is 0 Å². The van der Waals surface area contributed by atoms with Crippen LogP contribution in [-0.4, -0.2) is 4.98 Å². The quantitative estimate of drug-likeness (QED) is 0.192. The Labute approximate surface area is 244 Å². The van der Waals surface area contributed by atoms with Gasteiger partial charge in [0.2, 0.25) is 0 Å². The summed E-state index contributed by atoms with van der Waals surface area (Å²) in [4.78, 5) is 4.54. The van der Waals surface area contributed by atoms with Gasteiger partial charge in [-0.05, 0) is 94.7 Å². The zero-order valence-corrected chi connectivity index (χ0v) is 22.9. The number of fused-ring (bicyclic) bond motifs is 14. The highest BCUT2D eigenvalue weighted by molar-refractivity contribution is 6.25. The van der Waals surface area contributed by atoms with Gasteiger partial charge in [0, 0.05) is 17.8 Å². The van der Waals surface area contributed by atoms with Crippen molar-refractivity contribution >= 4 is 32.3 Å². The molecule has 194 valence electrons. The van der Waals surface area contributed by atoms with Crippen LogP contribution in [0.1, 0.15) is 0 Å². The average Bonchev–Trinajstić information content (AvgIpc) is 3.07. The van der Waals surface area contributed by atoms with Gasteiger partial charge in [0.1, 0.15) is 0 Å². The van der Waals surface area contributed by atoms with Crippen LogP contribution >= 0.6 is 0 Å². The SMILES string of the molecule is c1ccc2c(c1)-c1ccccc1-c1cccc(-c3ccc4c5ccccc5c5ccncc5c4c3)c1-c1ccccc1-2. The molecule has 0 aliphatic heterocycles. The molecule has 0 radical (unpaired) electrons. The Balaban J connectivity index is 1.40. The second kappa shape index (κ2) is 8.99. The van der Waals surface area contributed by atoms with E-state index in [0.717, 1.165) is 0 Å². The number of nitrogens with zero attached hydrogens (tertiary/aromatic N) is 1. The maximum absolute atomic E-state index is 4.54. The monoisotopic (exact) mass is 531 g/mol. The molecule has 1 aromatic heterocycles. The van der Waals surface area contributed by atoms with Crippen molar-refractivity contribution in [1.82, 2.24) is 4.98 Å². The molecule has 7 aromatic carbocycles. The largest absolute Gasteiger partial charge is 0.264 e. The Hall–Kier alpha value is -5.53. The van der Waals surface area contributed by atoms with Crippen LogP contribution in [0.3, 0.4) is 0 Å². The van der Waals surface area contributed by atoms with Gasteiger partial charge in [0.25, 0.3) is 0 Å². The van der Waals surface area contributed by atoms with Crippen LogP contribution in [0.25, 0.3) is 88.0 Å². The minimum Gasteiger partial charge on any atom is -0.264 e. The Morgan fingerprint density at radius 3 is 1.45 bits per heavy atom. The van der Waals surface area contributed by atoms with Gasteiger partial charge in [0.15, 0.2) is 0 Å². The number of hydrogen-bond acceptors (Lipinski definition) is 1. The molecule has 0 amide bonds. The van der Waals surface area contributed by atoms with E-state index in [9.17, 15) is 0 Å². The van der Waals surface area contributed by atoms with Crippen molar-refractivity contribution in [2.45, 2.75) is 0 Å². The maximum atomic E-state index is 4.54. The molecule has 1 heterocycles. The van der Waals surface area contributed by atoms with Crippen molar-refractivity contribution in [3.05, 3.63) is 152 Å². The summed E-state index contributed by atoms with van der Waals surface area (Å²) in [5.41, 5.74) is 12.6. The third kappa shape index (κ3) is 3.28. The zero-order chi connectivity index (χ0) is 27.6. The lowest BCUT2D eigenvalue weighted by atomic mass is 9.78. The third-order valence-corrected chi connectivity index (χ3v) is 8.93. The lowest BCUT2D eigenvalue weighted by Gasteiger charge is -2.25. The molecule has 1 heteroatoms. The fraction of sp³-hybridized carbons (Fsp3) is 0. The van der Waals surface area contributed by atoms with E-state index < -0.39 is 0 Å². The first-order valence-electron chi connectivity index (χ1n) is 14.5. The predicted molar refractivity (Wildman–Crippen MR) is 177 cm³/mol. The molecule has 0 saturated carbocycles.